The van der Waals surface area contributed by atoms with Crippen LogP contribution in [0.2, 0.25) is 0 Å². The Kier molecular flexibility index (Phi) is 6.35. The van der Waals surface area contributed by atoms with E-state index < -0.39 is 10.0 Å². The van der Waals surface area contributed by atoms with Crippen LogP contribution in [0.3, 0.4) is 0 Å². The zero-order valence-electron chi connectivity index (χ0n) is 20.2. The van der Waals surface area contributed by atoms with Crippen LogP contribution in [0, 0.1) is 25.2 Å². The summed E-state index contributed by atoms with van der Waals surface area (Å²) in [6.07, 6.45) is 9.02. The smallest absolute Gasteiger partial charge is 0.243 e. The summed E-state index contributed by atoms with van der Waals surface area (Å²) in [5, 5.41) is 14.4. The Labute approximate surface area is 211 Å². The molecule has 8 heteroatoms. The molecule has 2 aromatic carbocycles. The quantitative estimate of drug-likeness (QED) is 0.353. The molecule has 0 unspecified atom stereocenters. The van der Waals surface area contributed by atoms with Gasteiger partial charge in [-0.2, -0.15) is 9.57 Å². The molecule has 0 bridgehead atoms. The van der Waals surface area contributed by atoms with Crippen molar-refractivity contribution in [3.05, 3.63) is 82.8 Å². The van der Waals surface area contributed by atoms with Crippen molar-refractivity contribution in [3.8, 4) is 6.07 Å². The van der Waals surface area contributed by atoms with E-state index >= 15 is 0 Å². The minimum Gasteiger partial charge on any atom is -0.361 e. The highest BCUT2D eigenvalue weighted by Gasteiger charge is 2.27. The van der Waals surface area contributed by atoms with Crippen LogP contribution in [0.5, 0.6) is 0 Å². The fourth-order valence-electron chi connectivity index (χ4n) is 4.63. The number of sulfonamides is 1. The van der Waals surface area contributed by atoms with Crippen LogP contribution >= 0.6 is 0 Å². The molecular weight excluding hydrogens is 470 g/mol. The van der Waals surface area contributed by atoms with Crippen molar-refractivity contribution in [2.24, 2.45) is 0 Å². The zero-order valence-corrected chi connectivity index (χ0v) is 21.1. The van der Waals surface area contributed by atoms with E-state index in [0.717, 1.165) is 51.8 Å². The van der Waals surface area contributed by atoms with Crippen molar-refractivity contribution >= 4 is 44.5 Å². The summed E-state index contributed by atoms with van der Waals surface area (Å²) in [6, 6.07) is 15.2. The number of benzene rings is 2. The first-order chi connectivity index (χ1) is 17.4. The predicted molar refractivity (Wildman–Crippen MR) is 143 cm³/mol. The lowest BCUT2D eigenvalue weighted by molar-refractivity contribution is 0.477. The Morgan fingerprint density at radius 3 is 2.69 bits per heavy atom. The number of aryl methyl sites for hydroxylation is 2. The highest BCUT2D eigenvalue weighted by molar-refractivity contribution is 7.89. The number of rotatable bonds is 6. The Hall–Kier alpha value is -3.93. The minimum absolute atomic E-state index is 0.293. The lowest BCUT2D eigenvalue weighted by Gasteiger charge is -2.16. The number of fused-ring (bicyclic) bond motifs is 1. The fraction of sp³-hybridized carbons (Fsp3) is 0.214. The van der Waals surface area contributed by atoms with Gasteiger partial charge in [-0.05, 0) is 68.1 Å². The van der Waals surface area contributed by atoms with Gasteiger partial charge in [-0.3, -0.25) is 4.98 Å². The topological polar surface area (TPSA) is 102 Å². The van der Waals surface area contributed by atoms with Gasteiger partial charge in [0.1, 0.15) is 6.07 Å². The molecule has 0 radical (unpaired) electrons. The zero-order chi connectivity index (χ0) is 25.3. The van der Waals surface area contributed by atoms with E-state index in [1.165, 1.54) is 0 Å². The van der Waals surface area contributed by atoms with Crippen LogP contribution in [0.25, 0.3) is 23.1 Å². The van der Waals surface area contributed by atoms with E-state index in [-0.39, 0.29) is 0 Å². The van der Waals surface area contributed by atoms with Crippen molar-refractivity contribution in [2.45, 2.75) is 31.6 Å². The van der Waals surface area contributed by atoms with Crippen molar-refractivity contribution in [3.63, 3.8) is 0 Å². The number of nitrogens with one attached hydrogen (secondary N) is 2. The summed E-state index contributed by atoms with van der Waals surface area (Å²) in [7, 11) is -3.50. The molecule has 0 atom stereocenters. The van der Waals surface area contributed by atoms with E-state index in [2.05, 4.69) is 21.4 Å². The molecule has 1 fully saturated rings. The molecule has 1 saturated heterocycles. The maximum absolute atomic E-state index is 13.0. The summed E-state index contributed by atoms with van der Waals surface area (Å²) >= 11 is 0. The van der Waals surface area contributed by atoms with Crippen LogP contribution in [0.4, 0.5) is 11.4 Å². The molecule has 1 aliphatic rings. The maximum Gasteiger partial charge on any atom is 0.243 e. The number of aromatic nitrogens is 2. The molecule has 4 aromatic rings. The van der Waals surface area contributed by atoms with Gasteiger partial charge in [-0.15, -0.1) is 0 Å². The number of anilines is 2. The van der Waals surface area contributed by atoms with Crippen LogP contribution in [0.15, 0.2) is 59.8 Å². The number of hydrogen-bond donors (Lipinski definition) is 2. The third kappa shape index (κ3) is 4.39. The first-order valence-corrected chi connectivity index (χ1v) is 13.3. The predicted octanol–water partition coefficient (Wildman–Crippen LogP) is 5.75. The SMILES string of the molecule is Cc1ncc(C#N)c(Nc2ccc3[nH]ccc3c2C)c1/C=C/c1cccc(S(=O)(=O)N2CCCC2)c1. The van der Waals surface area contributed by atoms with Gasteiger partial charge in [0.2, 0.25) is 10.0 Å². The third-order valence-electron chi connectivity index (χ3n) is 6.70. The normalized spacial score (nSPS) is 14.5. The molecule has 0 spiro atoms. The average molecular weight is 498 g/mol. The molecule has 5 rings (SSSR count). The Morgan fingerprint density at radius 2 is 1.92 bits per heavy atom. The Bertz CT molecular complexity index is 1620. The van der Waals surface area contributed by atoms with Crippen LogP contribution in [-0.2, 0) is 10.0 Å². The van der Waals surface area contributed by atoms with E-state index in [0.29, 0.717) is 29.2 Å². The van der Waals surface area contributed by atoms with Gasteiger partial charge in [-0.25, -0.2) is 8.42 Å². The monoisotopic (exact) mass is 497 g/mol. The fourth-order valence-corrected chi connectivity index (χ4v) is 6.21. The van der Waals surface area contributed by atoms with E-state index in [9.17, 15) is 13.7 Å². The van der Waals surface area contributed by atoms with Crippen molar-refractivity contribution in [1.29, 1.82) is 5.26 Å². The number of aromatic amines is 1. The molecule has 36 heavy (non-hydrogen) atoms. The lowest BCUT2D eigenvalue weighted by atomic mass is 10.0. The van der Waals surface area contributed by atoms with Gasteiger partial charge >= 0.3 is 0 Å². The number of H-pyrrole nitrogens is 1. The molecule has 0 aliphatic carbocycles. The van der Waals surface area contributed by atoms with Gasteiger partial charge in [0, 0.05) is 53.3 Å². The number of nitriles is 1. The van der Waals surface area contributed by atoms with Gasteiger partial charge in [0.05, 0.1) is 16.1 Å². The van der Waals surface area contributed by atoms with E-state index in [1.807, 2.05) is 56.5 Å². The summed E-state index contributed by atoms with van der Waals surface area (Å²) in [4.78, 5) is 7.93. The molecule has 182 valence electrons. The highest BCUT2D eigenvalue weighted by Crippen LogP contribution is 2.32. The molecule has 3 heterocycles. The number of pyridine rings is 1. The number of hydrogen-bond acceptors (Lipinski definition) is 5. The summed E-state index contributed by atoms with van der Waals surface area (Å²) in [5.41, 5.74) is 6.41. The molecule has 2 N–H and O–H groups in total. The lowest BCUT2D eigenvalue weighted by Crippen LogP contribution is -2.27. The highest BCUT2D eigenvalue weighted by atomic mass is 32.2. The van der Waals surface area contributed by atoms with Crippen LogP contribution in [-0.4, -0.2) is 35.8 Å². The molecule has 0 saturated carbocycles. The van der Waals surface area contributed by atoms with Crippen molar-refractivity contribution in [1.82, 2.24) is 14.3 Å². The molecule has 7 nitrogen and oxygen atoms in total. The van der Waals surface area contributed by atoms with Gasteiger partial charge in [-0.1, -0.05) is 24.3 Å². The van der Waals surface area contributed by atoms with Gasteiger partial charge < -0.3 is 10.3 Å². The van der Waals surface area contributed by atoms with Crippen molar-refractivity contribution < 1.29 is 8.42 Å². The van der Waals surface area contributed by atoms with Crippen molar-refractivity contribution in [2.75, 3.05) is 18.4 Å². The minimum atomic E-state index is -3.50. The molecule has 2 aromatic heterocycles. The second-order valence-electron chi connectivity index (χ2n) is 8.98. The van der Waals surface area contributed by atoms with Crippen LogP contribution < -0.4 is 5.32 Å². The first kappa shape index (κ1) is 23.8. The molecule has 0 amide bonds. The third-order valence-corrected chi connectivity index (χ3v) is 8.60. The Balaban J connectivity index is 1.52. The Morgan fingerprint density at radius 1 is 1.11 bits per heavy atom. The van der Waals surface area contributed by atoms with Crippen LogP contribution in [0.1, 0.15) is 40.8 Å². The van der Waals surface area contributed by atoms with Gasteiger partial charge in [0.25, 0.3) is 0 Å². The second-order valence-corrected chi connectivity index (χ2v) is 10.9. The van der Waals surface area contributed by atoms with E-state index in [1.54, 1.807) is 28.7 Å². The first-order valence-electron chi connectivity index (χ1n) is 11.9. The second kappa shape index (κ2) is 9.61. The molecular formula is C28H27N5O2S. The van der Waals surface area contributed by atoms with E-state index in [4.69, 9.17) is 0 Å². The largest absolute Gasteiger partial charge is 0.361 e. The number of nitrogens with zero attached hydrogens (tertiary/aromatic N) is 3. The average Bonchev–Trinajstić information content (AvgIpc) is 3.59. The standard InChI is InChI=1S/C28H27N5O2S/c1-19-24-12-13-30-27(24)11-10-26(19)32-28-22(17-29)18-31-20(2)25(28)9-8-21-6-5-7-23(16-21)36(34,35)33-14-3-4-15-33/h5-13,16,18,30H,3-4,14-15H2,1-2H3,(H,31,32)/b9-8+. The van der Waals surface area contributed by atoms with Gasteiger partial charge in [0.15, 0.2) is 0 Å². The summed E-state index contributed by atoms with van der Waals surface area (Å²) in [6.45, 7) is 5.07. The summed E-state index contributed by atoms with van der Waals surface area (Å²) in [5.74, 6) is 0. The maximum atomic E-state index is 13.0. The molecule has 1 aliphatic heterocycles. The summed E-state index contributed by atoms with van der Waals surface area (Å²) < 4.78 is 27.6.